The predicted octanol–water partition coefficient (Wildman–Crippen LogP) is 6.31. The topological polar surface area (TPSA) is 21.7 Å². The van der Waals surface area contributed by atoms with Gasteiger partial charge in [0, 0.05) is 36.7 Å². The van der Waals surface area contributed by atoms with Crippen LogP contribution in [0.4, 0.5) is 13.2 Å². The van der Waals surface area contributed by atoms with E-state index in [0.717, 1.165) is 47.7 Å². The number of alkyl halides is 1. The Morgan fingerprint density at radius 2 is 1.65 bits per heavy atom. The van der Waals surface area contributed by atoms with Crippen LogP contribution >= 0.6 is 0 Å². The number of ether oxygens (including phenoxy) is 2. The number of halogens is 3. The maximum Gasteiger partial charge on any atom is 0.150 e. The summed E-state index contributed by atoms with van der Waals surface area (Å²) < 4.78 is 52.3. The van der Waals surface area contributed by atoms with E-state index in [-0.39, 0.29) is 24.2 Å². The summed E-state index contributed by atoms with van der Waals surface area (Å²) in [6, 6.07) is 18.5. The highest BCUT2D eigenvalue weighted by molar-refractivity contribution is 5.95. The summed E-state index contributed by atoms with van der Waals surface area (Å²) in [6.07, 6.45) is -0.434. The van der Waals surface area contributed by atoms with Gasteiger partial charge < -0.3 is 9.47 Å². The lowest BCUT2D eigenvalue weighted by Gasteiger charge is -2.37. The first-order chi connectivity index (χ1) is 16.5. The van der Waals surface area contributed by atoms with E-state index < -0.39 is 6.10 Å². The van der Waals surface area contributed by atoms with Gasteiger partial charge in [0.25, 0.3) is 0 Å². The third-order valence-corrected chi connectivity index (χ3v) is 6.52. The summed E-state index contributed by atoms with van der Waals surface area (Å²) in [5, 5.41) is 0. The number of fused-ring (bicyclic) bond motifs is 1. The lowest BCUT2D eigenvalue weighted by atomic mass is 9.86. The number of hydrogen-bond acceptors (Lipinski definition) is 3. The van der Waals surface area contributed by atoms with Crippen LogP contribution in [0.5, 0.6) is 11.5 Å². The van der Waals surface area contributed by atoms with Crippen LogP contribution in [0.2, 0.25) is 0 Å². The largest absolute Gasteiger partial charge is 0.492 e. The van der Waals surface area contributed by atoms with Crippen molar-refractivity contribution >= 4 is 11.1 Å². The second-order valence-electron chi connectivity index (χ2n) is 8.88. The standard InChI is InChI=1S/C28H26F3NO2/c1-18-25-14-23(31)8-11-26(25)34-28(27(18)20-2-6-22(30)7-3-20)21-4-9-24(10-5-21)33-13-12-32-16-19(15-29)17-32/h2-11,14,19,28H,12-13,15-17H2,1H3/t28-/m0/s1. The first-order valence-electron chi connectivity index (χ1n) is 11.5. The third kappa shape index (κ3) is 4.55. The van der Waals surface area contributed by atoms with E-state index in [9.17, 15) is 13.2 Å². The molecule has 0 aromatic heterocycles. The first-order valence-corrected chi connectivity index (χ1v) is 11.5. The van der Waals surface area contributed by atoms with Gasteiger partial charge in [-0.3, -0.25) is 9.29 Å². The SMILES string of the molecule is CC1=C(c2ccc(F)cc2)[C@H](c2ccc(OCCN3CC(CF)C3)cc2)Oc2ccc(F)cc21. The molecule has 0 spiro atoms. The molecule has 0 bridgehead atoms. The molecule has 2 heterocycles. The Balaban J connectivity index is 1.37. The first kappa shape index (κ1) is 22.5. The van der Waals surface area contributed by atoms with Gasteiger partial charge in [-0.25, -0.2) is 8.78 Å². The molecule has 0 N–H and O–H groups in total. The highest BCUT2D eigenvalue weighted by Crippen LogP contribution is 2.46. The molecular weight excluding hydrogens is 439 g/mol. The normalized spacial score (nSPS) is 18.3. The zero-order valence-corrected chi connectivity index (χ0v) is 18.9. The molecule has 3 aromatic carbocycles. The molecule has 34 heavy (non-hydrogen) atoms. The van der Waals surface area contributed by atoms with Crippen molar-refractivity contribution in [2.45, 2.75) is 13.0 Å². The Hall–Kier alpha value is -3.25. The summed E-state index contributed by atoms with van der Waals surface area (Å²) in [4.78, 5) is 2.18. The van der Waals surface area contributed by atoms with E-state index >= 15 is 0 Å². The van der Waals surface area contributed by atoms with Gasteiger partial charge in [-0.2, -0.15) is 0 Å². The Bertz CT molecular complexity index is 1190. The highest BCUT2D eigenvalue weighted by Gasteiger charge is 2.30. The van der Waals surface area contributed by atoms with Crippen molar-refractivity contribution in [3.05, 3.63) is 95.1 Å². The molecular formula is C28H26F3NO2. The van der Waals surface area contributed by atoms with E-state index in [1.165, 1.54) is 24.3 Å². The zero-order valence-electron chi connectivity index (χ0n) is 18.9. The number of rotatable bonds is 7. The molecule has 2 aliphatic heterocycles. The van der Waals surface area contributed by atoms with E-state index in [1.54, 1.807) is 18.2 Å². The molecule has 0 unspecified atom stereocenters. The van der Waals surface area contributed by atoms with E-state index in [1.807, 2.05) is 31.2 Å². The summed E-state index contributed by atoms with van der Waals surface area (Å²) in [7, 11) is 0. The van der Waals surface area contributed by atoms with Crippen molar-refractivity contribution in [1.29, 1.82) is 0 Å². The molecule has 2 aliphatic rings. The Kier molecular flexibility index (Phi) is 6.33. The second kappa shape index (κ2) is 9.55. The van der Waals surface area contributed by atoms with Crippen molar-refractivity contribution in [1.82, 2.24) is 4.90 Å². The third-order valence-electron chi connectivity index (χ3n) is 6.52. The number of allylic oxidation sites excluding steroid dienone is 1. The van der Waals surface area contributed by atoms with Gasteiger partial charge in [-0.1, -0.05) is 24.3 Å². The summed E-state index contributed by atoms with van der Waals surface area (Å²) in [5.41, 5.74) is 4.18. The fraction of sp³-hybridized carbons (Fsp3) is 0.286. The van der Waals surface area contributed by atoms with Gasteiger partial charge in [0.15, 0.2) is 0 Å². The highest BCUT2D eigenvalue weighted by atomic mass is 19.1. The van der Waals surface area contributed by atoms with Gasteiger partial charge in [0.1, 0.15) is 35.8 Å². The molecule has 3 aromatic rings. The summed E-state index contributed by atoms with van der Waals surface area (Å²) >= 11 is 0. The minimum absolute atomic E-state index is 0.170. The molecule has 176 valence electrons. The van der Waals surface area contributed by atoms with Gasteiger partial charge in [0.2, 0.25) is 0 Å². The number of nitrogens with zero attached hydrogens (tertiary/aromatic N) is 1. The molecule has 6 heteroatoms. The molecule has 1 saturated heterocycles. The number of benzene rings is 3. The molecule has 0 radical (unpaired) electrons. The maximum atomic E-state index is 14.0. The minimum Gasteiger partial charge on any atom is -0.492 e. The van der Waals surface area contributed by atoms with Crippen LogP contribution in [0.15, 0.2) is 66.7 Å². The zero-order chi connectivity index (χ0) is 23.7. The molecule has 5 rings (SSSR count). The van der Waals surface area contributed by atoms with Crippen molar-refractivity contribution < 1.29 is 22.6 Å². The average molecular weight is 466 g/mol. The lowest BCUT2D eigenvalue weighted by molar-refractivity contribution is 0.0668. The van der Waals surface area contributed by atoms with Crippen molar-refractivity contribution in [2.75, 3.05) is 32.9 Å². The van der Waals surface area contributed by atoms with Gasteiger partial charge >= 0.3 is 0 Å². The molecule has 0 aliphatic carbocycles. The van der Waals surface area contributed by atoms with E-state index in [4.69, 9.17) is 9.47 Å². The van der Waals surface area contributed by atoms with Crippen LogP contribution in [0.25, 0.3) is 11.1 Å². The fourth-order valence-corrected chi connectivity index (χ4v) is 4.65. The average Bonchev–Trinajstić information content (AvgIpc) is 2.82. The maximum absolute atomic E-state index is 14.0. The molecule has 1 fully saturated rings. The Labute approximate surface area is 197 Å². The molecule has 1 atom stereocenters. The summed E-state index contributed by atoms with van der Waals surface area (Å²) in [6.45, 7) is 4.58. The second-order valence-corrected chi connectivity index (χ2v) is 8.88. The Morgan fingerprint density at radius 3 is 2.35 bits per heavy atom. The van der Waals surface area contributed by atoms with Crippen LogP contribution in [0.3, 0.4) is 0 Å². The van der Waals surface area contributed by atoms with Gasteiger partial charge in [0.05, 0.1) is 6.67 Å². The quantitative estimate of drug-likeness (QED) is 0.408. The molecule has 0 amide bonds. The fourth-order valence-electron chi connectivity index (χ4n) is 4.65. The minimum atomic E-state index is -0.434. The number of likely N-dealkylation sites (tertiary alicyclic amines) is 1. The molecule has 0 saturated carbocycles. The van der Waals surface area contributed by atoms with Crippen molar-refractivity contribution in [2.24, 2.45) is 5.92 Å². The van der Waals surface area contributed by atoms with Gasteiger partial charge in [-0.15, -0.1) is 0 Å². The Morgan fingerprint density at radius 1 is 0.941 bits per heavy atom. The van der Waals surface area contributed by atoms with Crippen LogP contribution in [-0.4, -0.2) is 37.8 Å². The summed E-state index contributed by atoms with van der Waals surface area (Å²) in [5.74, 6) is 0.869. The predicted molar refractivity (Wildman–Crippen MR) is 126 cm³/mol. The van der Waals surface area contributed by atoms with Crippen LogP contribution in [0, 0.1) is 17.6 Å². The van der Waals surface area contributed by atoms with E-state index in [0.29, 0.717) is 17.9 Å². The van der Waals surface area contributed by atoms with Gasteiger partial charge in [-0.05, 0) is 66.1 Å². The smallest absolute Gasteiger partial charge is 0.150 e. The lowest BCUT2D eigenvalue weighted by Crippen LogP contribution is -2.49. The van der Waals surface area contributed by atoms with Crippen LogP contribution < -0.4 is 9.47 Å². The van der Waals surface area contributed by atoms with Crippen molar-refractivity contribution in [3.8, 4) is 11.5 Å². The van der Waals surface area contributed by atoms with Crippen LogP contribution in [-0.2, 0) is 0 Å². The monoisotopic (exact) mass is 465 g/mol. The number of hydrogen-bond donors (Lipinski definition) is 0. The van der Waals surface area contributed by atoms with Crippen LogP contribution in [0.1, 0.15) is 29.7 Å². The van der Waals surface area contributed by atoms with E-state index in [2.05, 4.69) is 4.90 Å². The van der Waals surface area contributed by atoms with Crippen molar-refractivity contribution in [3.63, 3.8) is 0 Å². The molecule has 3 nitrogen and oxygen atoms in total.